The summed E-state index contributed by atoms with van der Waals surface area (Å²) < 4.78 is 0. The second-order valence-corrected chi connectivity index (χ2v) is 6.05. The zero-order valence-electron chi connectivity index (χ0n) is 12.8. The van der Waals surface area contributed by atoms with Crippen molar-refractivity contribution >= 4 is 11.4 Å². The Labute approximate surface area is 127 Å². The fourth-order valence-corrected chi connectivity index (χ4v) is 2.92. The fourth-order valence-electron chi connectivity index (χ4n) is 2.92. The van der Waals surface area contributed by atoms with Crippen molar-refractivity contribution in [1.82, 2.24) is 4.90 Å². The Bertz CT molecular complexity index is 617. The third-order valence-electron chi connectivity index (χ3n) is 4.18. The minimum atomic E-state index is 0.876. The summed E-state index contributed by atoms with van der Waals surface area (Å²) in [6, 6.07) is 15.1. The highest BCUT2D eigenvalue weighted by atomic mass is 15.1. The molecule has 0 saturated heterocycles. The number of hydrogen-bond donors (Lipinski definition) is 1. The van der Waals surface area contributed by atoms with E-state index >= 15 is 0 Å². The van der Waals surface area contributed by atoms with Crippen LogP contribution in [0.15, 0.2) is 42.5 Å². The van der Waals surface area contributed by atoms with Crippen LogP contribution in [0.1, 0.15) is 16.7 Å². The lowest BCUT2D eigenvalue weighted by molar-refractivity contribution is 0.245. The minimum absolute atomic E-state index is 0.876. The van der Waals surface area contributed by atoms with Gasteiger partial charge in [-0.25, -0.2) is 0 Å². The fraction of sp³-hybridized carbons (Fsp3) is 0.333. The first-order valence-electron chi connectivity index (χ1n) is 7.48. The second-order valence-electron chi connectivity index (χ2n) is 6.05. The zero-order valence-corrected chi connectivity index (χ0v) is 12.8. The number of hydrogen-bond acceptors (Lipinski definition) is 3. The van der Waals surface area contributed by atoms with Gasteiger partial charge in [-0.2, -0.15) is 0 Å². The number of anilines is 2. The lowest BCUT2D eigenvalue weighted by Gasteiger charge is -2.29. The number of nitrogen functional groups attached to an aromatic ring is 1. The van der Waals surface area contributed by atoms with E-state index in [2.05, 4.69) is 60.3 Å². The molecule has 1 aliphatic rings. The molecule has 0 radical (unpaired) electrons. The van der Waals surface area contributed by atoms with E-state index in [-0.39, 0.29) is 0 Å². The number of nitrogens with zero attached hydrogens (tertiary/aromatic N) is 2. The van der Waals surface area contributed by atoms with Gasteiger partial charge in [0.2, 0.25) is 0 Å². The lowest BCUT2D eigenvalue weighted by Crippen LogP contribution is -2.30. The first-order valence-corrected chi connectivity index (χ1v) is 7.48. The summed E-state index contributed by atoms with van der Waals surface area (Å²) in [6.45, 7) is 3.13. The van der Waals surface area contributed by atoms with Crippen LogP contribution in [0.4, 0.5) is 11.4 Å². The van der Waals surface area contributed by atoms with Crippen LogP contribution in [-0.2, 0) is 19.5 Å². The molecule has 3 heteroatoms. The van der Waals surface area contributed by atoms with Gasteiger partial charge in [0.05, 0.1) is 0 Å². The van der Waals surface area contributed by atoms with Crippen LogP contribution in [0, 0.1) is 0 Å². The number of nitrogens with two attached hydrogens (primary N) is 1. The number of benzene rings is 2. The molecule has 21 heavy (non-hydrogen) atoms. The molecule has 3 rings (SSSR count). The van der Waals surface area contributed by atoms with E-state index in [1.807, 2.05) is 6.07 Å². The summed E-state index contributed by atoms with van der Waals surface area (Å²) in [5.41, 5.74) is 12.2. The number of rotatable bonds is 3. The van der Waals surface area contributed by atoms with Gasteiger partial charge in [0, 0.05) is 45.1 Å². The maximum absolute atomic E-state index is 5.86. The van der Waals surface area contributed by atoms with Crippen LogP contribution < -0.4 is 10.6 Å². The molecule has 0 fully saturated rings. The smallest absolute Gasteiger partial charge is 0.0361 e. The van der Waals surface area contributed by atoms with Crippen LogP contribution in [0.5, 0.6) is 0 Å². The zero-order chi connectivity index (χ0) is 14.8. The van der Waals surface area contributed by atoms with E-state index in [4.69, 9.17) is 5.73 Å². The topological polar surface area (TPSA) is 32.5 Å². The summed E-state index contributed by atoms with van der Waals surface area (Å²) in [6.07, 6.45) is 1.09. The second kappa shape index (κ2) is 5.78. The summed E-state index contributed by atoms with van der Waals surface area (Å²) in [5, 5.41) is 0. The van der Waals surface area contributed by atoms with Crippen molar-refractivity contribution < 1.29 is 0 Å². The molecular formula is C18H23N3. The van der Waals surface area contributed by atoms with Crippen LogP contribution in [0.3, 0.4) is 0 Å². The molecule has 0 unspecified atom stereocenters. The van der Waals surface area contributed by atoms with E-state index in [0.717, 1.165) is 31.7 Å². The predicted molar refractivity (Wildman–Crippen MR) is 89.4 cm³/mol. The van der Waals surface area contributed by atoms with Crippen molar-refractivity contribution in [2.24, 2.45) is 0 Å². The van der Waals surface area contributed by atoms with E-state index in [0.29, 0.717) is 0 Å². The van der Waals surface area contributed by atoms with Gasteiger partial charge in [0.1, 0.15) is 0 Å². The molecule has 0 amide bonds. The normalized spacial score (nSPS) is 14.8. The predicted octanol–water partition coefficient (Wildman–Crippen LogP) is 2.89. The van der Waals surface area contributed by atoms with Gasteiger partial charge < -0.3 is 10.6 Å². The van der Waals surface area contributed by atoms with Crippen molar-refractivity contribution in [3.63, 3.8) is 0 Å². The van der Waals surface area contributed by atoms with Crippen molar-refractivity contribution in [3.8, 4) is 0 Å². The largest absolute Gasteiger partial charge is 0.399 e. The van der Waals surface area contributed by atoms with Crippen LogP contribution in [0.2, 0.25) is 0 Å². The molecule has 0 saturated carbocycles. The van der Waals surface area contributed by atoms with Gasteiger partial charge in [-0.05, 0) is 47.4 Å². The Kier molecular flexibility index (Phi) is 3.84. The van der Waals surface area contributed by atoms with Crippen molar-refractivity contribution in [1.29, 1.82) is 0 Å². The Balaban J connectivity index is 1.68. The van der Waals surface area contributed by atoms with Gasteiger partial charge in [-0.1, -0.05) is 18.2 Å². The molecule has 110 valence electrons. The van der Waals surface area contributed by atoms with E-state index < -0.39 is 0 Å². The average molecular weight is 281 g/mol. The summed E-state index contributed by atoms with van der Waals surface area (Å²) >= 11 is 0. The average Bonchev–Trinajstić information content (AvgIpc) is 2.48. The van der Waals surface area contributed by atoms with Gasteiger partial charge in [-0.3, -0.25) is 4.90 Å². The Morgan fingerprint density at radius 3 is 2.52 bits per heavy atom. The molecule has 0 spiro atoms. The first-order chi connectivity index (χ1) is 10.1. The highest BCUT2D eigenvalue weighted by molar-refractivity contribution is 5.47. The molecule has 2 N–H and O–H groups in total. The molecule has 1 aliphatic heterocycles. The van der Waals surface area contributed by atoms with Gasteiger partial charge in [0.15, 0.2) is 0 Å². The number of fused-ring (bicyclic) bond motifs is 1. The summed E-state index contributed by atoms with van der Waals surface area (Å²) in [5.74, 6) is 0. The third-order valence-corrected chi connectivity index (χ3v) is 4.18. The summed E-state index contributed by atoms with van der Waals surface area (Å²) in [4.78, 5) is 4.63. The molecule has 0 aromatic heterocycles. The molecule has 0 aliphatic carbocycles. The highest BCUT2D eigenvalue weighted by Crippen LogP contribution is 2.23. The van der Waals surface area contributed by atoms with E-state index in [9.17, 15) is 0 Å². The maximum Gasteiger partial charge on any atom is 0.0361 e. The molecule has 1 heterocycles. The third kappa shape index (κ3) is 3.19. The Morgan fingerprint density at radius 1 is 1.05 bits per heavy atom. The van der Waals surface area contributed by atoms with Gasteiger partial charge in [-0.15, -0.1) is 0 Å². The summed E-state index contributed by atoms with van der Waals surface area (Å²) in [7, 11) is 4.14. The molecule has 2 aromatic carbocycles. The quantitative estimate of drug-likeness (QED) is 0.878. The molecule has 0 atom stereocenters. The van der Waals surface area contributed by atoms with Crippen molar-refractivity contribution in [3.05, 3.63) is 59.2 Å². The SMILES string of the molecule is CN(C)c1ccc(CN2CCc3cc(N)ccc3C2)cc1. The Morgan fingerprint density at radius 2 is 1.81 bits per heavy atom. The van der Waals surface area contributed by atoms with Crippen molar-refractivity contribution in [2.45, 2.75) is 19.5 Å². The van der Waals surface area contributed by atoms with Crippen LogP contribution in [-0.4, -0.2) is 25.5 Å². The molecular weight excluding hydrogens is 258 g/mol. The van der Waals surface area contributed by atoms with Crippen LogP contribution in [0.25, 0.3) is 0 Å². The minimum Gasteiger partial charge on any atom is -0.399 e. The molecule has 2 aromatic rings. The van der Waals surface area contributed by atoms with Gasteiger partial charge >= 0.3 is 0 Å². The monoisotopic (exact) mass is 281 g/mol. The van der Waals surface area contributed by atoms with Gasteiger partial charge in [0.25, 0.3) is 0 Å². The lowest BCUT2D eigenvalue weighted by atomic mass is 9.98. The molecule has 0 bridgehead atoms. The Hall–Kier alpha value is -2.00. The van der Waals surface area contributed by atoms with Crippen molar-refractivity contribution in [2.75, 3.05) is 31.3 Å². The van der Waals surface area contributed by atoms with Crippen LogP contribution >= 0.6 is 0 Å². The molecule has 3 nitrogen and oxygen atoms in total. The van der Waals surface area contributed by atoms with E-state index in [1.165, 1.54) is 22.4 Å². The standard InChI is InChI=1S/C18H23N3/c1-20(2)18-7-3-14(4-8-18)12-21-10-9-15-11-17(19)6-5-16(15)13-21/h3-8,11H,9-10,12-13,19H2,1-2H3. The van der Waals surface area contributed by atoms with E-state index in [1.54, 1.807) is 0 Å². The first kappa shape index (κ1) is 14.0. The maximum atomic E-state index is 5.86. The highest BCUT2D eigenvalue weighted by Gasteiger charge is 2.16.